The number of fused-ring (bicyclic) bond motifs is 2. The van der Waals surface area contributed by atoms with Crippen molar-refractivity contribution in [1.82, 2.24) is 9.97 Å². The highest BCUT2D eigenvalue weighted by molar-refractivity contribution is 5.81. The largest absolute Gasteiger partial charge is 0.486 e. The minimum absolute atomic E-state index is 0.215. The summed E-state index contributed by atoms with van der Waals surface area (Å²) in [5.74, 6) is 1.95. The van der Waals surface area contributed by atoms with Gasteiger partial charge in [-0.05, 0) is 24.1 Å². The second kappa shape index (κ2) is 5.79. The Kier molecular flexibility index (Phi) is 3.49. The van der Waals surface area contributed by atoms with Gasteiger partial charge in [0.2, 0.25) is 5.95 Å². The normalized spacial score (nSPS) is 13.3. The lowest BCUT2D eigenvalue weighted by molar-refractivity contribution is 0.172. The number of H-pyrrole nitrogens is 1. The van der Waals surface area contributed by atoms with Gasteiger partial charge in [-0.3, -0.25) is 0 Å². The number of hydrogen-bond donors (Lipinski definition) is 2. The predicted molar refractivity (Wildman–Crippen MR) is 85.7 cm³/mol. The zero-order valence-corrected chi connectivity index (χ0v) is 12.4. The fourth-order valence-corrected chi connectivity index (χ4v) is 2.61. The molecule has 5 nitrogen and oxygen atoms in total. The molecule has 118 valence electrons. The van der Waals surface area contributed by atoms with Crippen molar-refractivity contribution in [2.45, 2.75) is 6.42 Å². The molecular formula is C17H16FN3O2. The van der Waals surface area contributed by atoms with Gasteiger partial charge in [0.25, 0.3) is 0 Å². The van der Waals surface area contributed by atoms with Crippen LogP contribution < -0.4 is 14.8 Å². The van der Waals surface area contributed by atoms with E-state index in [1.807, 2.05) is 12.1 Å². The van der Waals surface area contributed by atoms with Crippen molar-refractivity contribution in [2.75, 3.05) is 25.1 Å². The van der Waals surface area contributed by atoms with Gasteiger partial charge in [-0.1, -0.05) is 12.1 Å². The van der Waals surface area contributed by atoms with Crippen LogP contribution in [0.3, 0.4) is 0 Å². The van der Waals surface area contributed by atoms with Crippen LogP contribution in [0.2, 0.25) is 0 Å². The lowest BCUT2D eigenvalue weighted by Crippen LogP contribution is -2.15. The lowest BCUT2D eigenvalue weighted by Gasteiger charge is -2.17. The van der Waals surface area contributed by atoms with Gasteiger partial charge in [-0.15, -0.1) is 0 Å². The maximum atomic E-state index is 12.9. The van der Waals surface area contributed by atoms with E-state index in [9.17, 15) is 4.39 Å². The van der Waals surface area contributed by atoms with E-state index in [-0.39, 0.29) is 5.82 Å². The average molecular weight is 313 g/mol. The molecule has 0 amide bonds. The number of nitrogens with zero attached hydrogens (tertiary/aromatic N) is 1. The summed E-state index contributed by atoms with van der Waals surface area (Å²) in [4.78, 5) is 7.73. The summed E-state index contributed by atoms with van der Waals surface area (Å²) < 4.78 is 24.0. The Labute approximate surface area is 132 Å². The molecule has 0 atom stereocenters. The number of imidazole rings is 1. The first-order chi connectivity index (χ1) is 11.3. The minimum Gasteiger partial charge on any atom is -0.486 e. The minimum atomic E-state index is -0.215. The van der Waals surface area contributed by atoms with E-state index in [4.69, 9.17) is 9.47 Å². The van der Waals surface area contributed by atoms with Crippen molar-refractivity contribution in [2.24, 2.45) is 0 Å². The highest BCUT2D eigenvalue weighted by atomic mass is 19.1. The Morgan fingerprint density at radius 1 is 1.09 bits per heavy atom. The van der Waals surface area contributed by atoms with Crippen molar-refractivity contribution in [3.8, 4) is 11.5 Å². The number of anilines is 1. The molecule has 2 N–H and O–H groups in total. The van der Waals surface area contributed by atoms with Crippen molar-refractivity contribution in [1.29, 1.82) is 0 Å². The molecule has 0 spiro atoms. The van der Waals surface area contributed by atoms with Crippen LogP contribution in [0.25, 0.3) is 11.0 Å². The van der Waals surface area contributed by atoms with Crippen LogP contribution in [0.4, 0.5) is 10.3 Å². The van der Waals surface area contributed by atoms with Crippen LogP contribution in [-0.2, 0) is 6.42 Å². The van der Waals surface area contributed by atoms with Gasteiger partial charge in [0.05, 0.1) is 11.0 Å². The highest BCUT2D eigenvalue weighted by Gasteiger charge is 2.14. The summed E-state index contributed by atoms with van der Waals surface area (Å²) in [5, 5.41) is 3.25. The Morgan fingerprint density at radius 2 is 1.83 bits per heavy atom. The summed E-state index contributed by atoms with van der Waals surface area (Å²) in [6.45, 7) is 1.83. The fraction of sp³-hybridized carbons (Fsp3) is 0.235. The number of rotatable bonds is 4. The molecule has 0 fully saturated rings. The molecule has 1 aliphatic heterocycles. The standard InChI is InChI=1S/C17H16FN3O2/c18-12-3-1-11(2-4-12)5-6-19-17-20-13-9-15-16(10-14(13)21-17)23-8-7-22-15/h1-4,9-10H,5-8H2,(H2,19,20,21). The van der Waals surface area contributed by atoms with Gasteiger partial charge in [-0.2, -0.15) is 0 Å². The Hall–Kier alpha value is -2.76. The van der Waals surface area contributed by atoms with Gasteiger partial charge < -0.3 is 19.8 Å². The number of nitrogens with one attached hydrogen (secondary N) is 2. The lowest BCUT2D eigenvalue weighted by atomic mass is 10.1. The van der Waals surface area contributed by atoms with Crippen LogP contribution >= 0.6 is 0 Å². The molecule has 0 aliphatic carbocycles. The Bertz CT molecular complexity index is 787. The zero-order chi connectivity index (χ0) is 15.6. The predicted octanol–water partition coefficient (Wildman–Crippen LogP) is 3.13. The monoisotopic (exact) mass is 313 g/mol. The van der Waals surface area contributed by atoms with Crippen molar-refractivity contribution < 1.29 is 13.9 Å². The number of aromatic amines is 1. The van der Waals surface area contributed by atoms with Crippen molar-refractivity contribution in [3.63, 3.8) is 0 Å². The second-order valence-electron chi connectivity index (χ2n) is 5.40. The summed E-state index contributed by atoms with van der Waals surface area (Å²) in [6, 6.07) is 10.3. The smallest absolute Gasteiger partial charge is 0.201 e. The molecule has 0 unspecified atom stereocenters. The van der Waals surface area contributed by atoms with Crippen LogP contribution in [0.5, 0.6) is 11.5 Å². The van der Waals surface area contributed by atoms with Gasteiger partial charge in [-0.25, -0.2) is 9.37 Å². The number of ether oxygens (including phenoxy) is 2. The number of aromatic nitrogens is 2. The highest BCUT2D eigenvalue weighted by Crippen LogP contribution is 2.34. The molecule has 1 aromatic heterocycles. The average Bonchev–Trinajstić information content (AvgIpc) is 2.96. The van der Waals surface area contributed by atoms with E-state index >= 15 is 0 Å². The van der Waals surface area contributed by atoms with Crippen molar-refractivity contribution in [3.05, 3.63) is 47.8 Å². The maximum Gasteiger partial charge on any atom is 0.201 e. The molecular weight excluding hydrogens is 297 g/mol. The molecule has 0 bridgehead atoms. The van der Waals surface area contributed by atoms with Crippen LogP contribution in [0.15, 0.2) is 36.4 Å². The van der Waals surface area contributed by atoms with E-state index in [2.05, 4.69) is 15.3 Å². The molecule has 0 saturated carbocycles. The number of benzene rings is 2. The van der Waals surface area contributed by atoms with Gasteiger partial charge in [0.15, 0.2) is 11.5 Å². The Morgan fingerprint density at radius 3 is 2.61 bits per heavy atom. The summed E-state index contributed by atoms with van der Waals surface area (Å²) in [5.41, 5.74) is 2.81. The molecule has 2 heterocycles. The molecule has 2 aromatic carbocycles. The summed E-state index contributed by atoms with van der Waals surface area (Å²) in [7, 11) is 0. The van der Waals surface area contributed by atoms with E-state index in [1.165, 1.54) is 12.1 Å². The van der Waals surface area contributed by atoms with Crippen LogP contribution in [0, 0.1) is 5.82 Å². The van der Waals surface area contributed by atoms with Gasteiger partial charge in [0.1, 0.15) is 19.0 Å². The molecule has 4 rings (SSSR count). The molecule has 0 radical (unpaired) electrons. The van der Waals surface area contributed by atoms with Crippen molar-refractivity contribution >= 4 is 17.0 Å². The number of halogens is 1. The molecule has 23 heavy (non-hydrogen) atoms. The molecule has 1 aliphatic rings. The second-order valence-corrected chi connectivity index (χ2v) is 5.40. The van der Waals surface area contributed by atoms with Crippen LogP contribution in [0.1, 0.15) is 5.56 Å². The quantitative estimate of drug-likeness (QED) is 0.777. The van der Waals surface area contributed by atoms with E-state index < -0.39 is 0 Å². The Balaban J connectivity index is 1.45. The summed E-state index contributed by atoms with van der Waals surface area (Å²) >= 11 is 0. The van der Waals surface area contributed by atoms with E-state index in [1.54, 1.807) is 12.1 Å². The van der Waals surface area contributed by atoms with E-state index in [0.29, 0.717) is 25.7 Å². The first kappa shape index (κ1) is 13.9. The third-order valence-electron chi connectivity index (χ3n) is 3.77. The van der Waals surface area contributed by atoms with Gasteiger partial charge in [0, 0.05) is 18.7 Å². The molecule has 3 aromatic rings. The first-order valence-electron chi connectivity index (χ1n) is 7.55. The fourth-order valence-electron chi connectivity index (χ4n) is 2.61. The molecule has 0 saturated heterocycles. The van der Waals surface area contributed by atoms with E-state index in [0.717, 1.165) is 34.5 Å². The number of hydrogen-bond acceptors (Lipinski definition) is 4. The van der Waals surface area contributed by atoms with Crippen LogP contribution in [-0.4, -0.2) is 29.7 Å². The topological polar surface area (TPSA) is 59.2 Å². The molecule has 6 heteroatoms. The SMILES string of the molecule is Fc1ccc(CCNc2nc3cc4c(cc3[nH]2)OCCO4)cc1. The first-order valence-corrected chi connectivity index (χ1v) is 7.55. The maximum absolute atomic E-state index is 12.9. The zero-order valence-electron chi connectivity index (χ0n) is 12.4. The van der Waals surface area contributed by atoms with Gasteiger partial charge >= 0.3 is 0 Å². The third kappa shape index (κ3) is 2.92. The summed E-state index contributed by atoms with van der Waals surface area (Å²) in [6.07, 6.45) is 0.792. The third-order valence-corrected chi connectivity index (χ3v) is 3.77.